The van der Waals surface area contributed by atoms with E-state index in [2.05, 4.69) is 41.5 Å². The van der Waals surface area contributed by atoms with Gasteiger partial charge in [0.1, 0.15) is 0 Å². The molecular weight excluding hydrogens is 582 g/mol. The summed E-state index contributed by atoms with van der Waals surface area (Å²) < 4.78 is 1.54. The Kier molecular flexibility index (Phi) is 8.98. The molecule has 3 aliphatic heterocycles. The normalized spacial score (nSPS) is 20.7. The highest BCUT2D eigenvalue weighted by molar-refractivity contribution is 5.87. The second kappa shape index (κ2) is 13.6. The summed E-state index contributed by atoms with van der Waals surface area (Å²) in [7, 11) is 0. The van der Waals surface area contributed by atoms with Gasteiger partial charge in [0.15, 0.2) is 5.82 Å². The minimum absolute atomic E-state index is 0.00345. The fourth-order valence-electron chi connectivity index (χ4n) is 7.43. The maximum absolute atomic E-state index is 14.4. The number of likely N-dealkylation sites (tertiary alicyclic amines) is 2. The van der Waals surface area contributed by atoms with Crippen LogP contribution in [-0.4, -0.2) is 103 Å². The molecule has 12 heteroatoms. The van der Waals surface area contributed by atoms with E-state index in [1.165, 1.54) is 4.68 Å². The molecule has 46 heavy (non-hydrogen) atoms. The summed E-state index contributed by atoms with van der Waals surface area (Å²) >= 11 is 0. The fraction of sp³-hybridized carbons (Fsp3) is 0.500. The zero-order chi connectivity index (χ0) is 31.5. The van der Waals surface area contributed by atoms with Gasteiger partial charge in [-0.2, -0.15) is 5.10 Å². The molecule has 5 heterocycles. The maximum atomic E-state index is 14.4. The number of nitrogens with one attached hydrogen (secondary N) is 3. The van der Waals surface area contributed by atoms with E-state index < -0.39 is 5.92 Å². The van der Waals surface area contributed by atoms with Crippen molar-refractivity contribution in [1.82, 2.24) is 45.0 Å². The van der Waals surface area contributed by atoms with Crippen molar-refractivity contribution in [2.45, 2.75) is 57.2 Å². The SMILES string of the molecule is O=C(CC(Cc1ccc2[nH]ncc2c1)C(=O)N1CCCCC1N1CCNCC1)N1CCC(n2nc(-c3ccccc3)[nH]c2=O)CC1. The van der Waals surface area contributed by atoms with E-state index in [-0.39, 0.29) is 36.1 Å². The standard InChI is InChI=1S/C34H43N9O3/c44-31(41-16-11-28(12-17-41)43-34(46)37-32(39-43)25-6-2-1-3-7-25)22-26(20-24-9-10-29-27(21-24)23-36-38-29)33(45)42-15-5-4-8-30(42)40-18-13-35-14-19-40/h1-3,6-7,9-10,21,23,26,28,30,35H,4-5,8,11-20,22H2,(H,36,38)(H,37,39,46). The van der Waals surface area contributed by atoms with Crippen LogP contribution in [0.2, 0.25) is 0 Å². The van der Waals surface area contributed by atoms with Crippen molar-refractivity contribution in [3.05, 3.63) is 70.8 Å². The molecule has 2 amide bonds. The molecule has 3 aliphatic rings. The predicted molar refractivity (Wildman–Crippen MR) is 175 cm³/mol. The van der Waals surface area contributed by atoms with Crippen molar-refractivity contribution < 1.29 is 9.59 Å². The first-order valence-electron chi connectivity index (χ1n) is 16.7. The summed E-state index contributed by atoms with van der Waals surface area (Å²) in [5, 5.41) is 16.2. The third-order valence-electron chi connectivity index (χ3n) is 9.94. The number of benzene rings is 2. The van der Waals surface area contributed by atoms with E-state index in [9.17, 15) is 14.4 Å². The summed E-state index contributed by atoms with van der Waals surface area (Å²) in [6, 6.07) is 15.6. The number of hydrogen-bond donors (Lipinski definition) is 3. The minimum atomic E-state index is -0.458. The molecule has 0 radical (unpaired) electrons. The van der Waals surface area contributed by atoms with Crippen molar-refractivity contribution in [3.63, 3.8) is 0 Å². The van der Waals surface area contributed by atoms with Gasteiger partial charge in [-0.25, -0.2) is 9.48 Å². The maximum Gasteiger partial charge on any atom is 0.343 e. The molecule has 2 unspecified atom stereocenters. The highest BCUT2D eigenvalue weighted by Gasteiger charge is 2.37. The molecule has 2 aromatic heterocycles. The number of nitrogens with zero attached hydrogens (tertiary/aromatic N) is 6. The number of aromatic amines is 2. The summed E-state index contributed by atoms with van der Waals surface area (Å²) in [6.07, 6.45) is 6.89. The van der Waals surface area contributed by atoms with Gasteiger partial charge < -0.3 is 15.1 Å². The number of carbonyl (C=O) groups is 2. The van der Waals surface area contributed by atoms with Gasteiger partial charge in [-0.15, -0.1) is 5.10 Å². The van der Waals surface area contributed by atoms with Crippen LogP contribution in [0, 0.1) is 5.92 Å². The number of piperazine rings is 1. The van der Waals surface area contributed by atoms with Crippen molar-refractivity contribution in [1.29, 1.82) is 0 Å². The van der Waals surface area contributed by atoms with Crippen LogP contribution in [0.3, 0.4) is 0 Å². The molecule has 0 bridgehead atoms. The first kappa shape index (κ1) is 30.4. The van der Waals surface area contributed by atoms with Crippen LogP contribution < -0.4 is 11.0 Å². The topological polar surface area (TPSA) is 135 Å². The molecule has 12 nitrogen and oxygen atoms in total. The van der Waals surface area contributed by atoms with Crippen molar-refractivity contribution in [3.8, 4) is 11.4 Å². The Labute approximate surface area is 268 Å². The van der Waals surface area contributed by atoms with Crippen LogP contribution in [-0.2, 0) is 16.0 Å². The number of hydrogen-bond acceptors (Lipinski definition) is 7. The first-order valence-corrected chi connectivity index (χ1v) is 16.7. The largest absolute Gasteiger partial charge is 0.343 e. The number of amides is 2. The second-order valence-electron chi connectivity index (χ2n) is 12.9. The van der Waals surface area contributed by atoms with Gasteiger partial charge in [-0.3, -0.25) is 24.6 Å². The summed E-state index contributed by atoms with van der Waals surface area (Å²) in [4.78, 5) is 50.3. The highest BCUT2D eigenvalue weighted by Crippen LogP contribution is 2.28. The van der Waals surface area contributed by atoms with Gasteiger partial charge in [0, 0.05) is 63.2 Å². The lowest BCUT2D eigenvalue weighted by Crippen LogP contribution is -2.59. The molecule has 2 atom stereocenters. The zero-order valence-corrected chi connectivity index (χ0v) is 26.2. The van der Waals surface area contributed by atoms with Gasteiger partial charge in [-0.05, 0) is 56.2 Å². The number of rotatable bonds is 8. The number of H-pyrrole nitrogens is 2. The Hall–Kier alpha value is -4.29. The molecule has 0 aliphatic carbocycles. The molecular formula is C34H43N9O3. The van der Waals surface area contributed by atoms with E-state index in [0.717, 1.165) is 74.0 Å². The molecule has 3 fully saturated rings. The monoisotopic (exact) mass is 625 g/mol. The van der Waals surface area contributed by atoms with E-state index in [1.54, 1.807) is 6.20 Å². The van der Waals surface area contributed by atoms with E-state index in [1.807, 2.05) is 47.4 Å². The number of carbonyl (C=O) groups excluding carboxylic acids is 2. The predicted octanol–water partition coefficient (Wildman–Crippen LogP) is 2.77. The molecule has 3 N–H and O–H groups in total. The average molecular weight is 626 g/mol. The molecule has 3 saturated heterocycles. The van der Waals surface area contributed by atoms with Crippen LogP contribution in [0.5, 0.6) is 0 Å². The van der Waals surface area contributed by atoms with E-state index in [4.69, 9.17) is 0 Å². The molecule has 0 spiro atoms. The molecule has 7 rings (SSSR count). The van der Waals surface area contributed by atoms with Crippen molar-refractivity contribution in [2.75, 3.05) is 45.8 Å². The van der Waals surface area contributed by atoms with Crippen molar-refractivity contribution >= 4 is 22.7 Å². The summed E-state index contributed by atoms with van der Waals surface area (Å²) in [5.74, 6) is 0.169. The quantitative estimate of drug-likeness (QED) is 0.274. The lowest BCUT2D eigenvalue weighted by atomic mass is 9.91. The van der Waals surface area contributed by atoms with Gasteiger partial charge in [0.05, 0.1) is 29.8 Å². The smallest absolute Gasteiger partial charge is 0.343 e. The Morgan fingerprint density at radius 3 is 2.54 bits per heavy atom. The van der Waals surface area contributed by atoms with Gasteiger partial charge >= 0.3 is 5.69 Å². The van der Waals surface area contributed by atoms with Crippen LogP contribution in [0.25, 0.3) is 22.3 Å². The zero-order valence-electron chi connectivity index (χ0n) is 26.2. The van der Waals surface area contributed by atoms with Crippen LogP contribution in [0.1, 0.15) is 50.1 Å². The van der Waals surface area contributed by atoms with Gasteiger partial charge in [-0.1, -0.05) is 36.4 Å². The Bertz CT molecular complexity index is 1700. The molecule has 2 aromatic carbocycles. The molecule has 0 saturated carbocycles. The lowest BCUT2D eigenvalue weighted by Gasteiger charge is -2.45. The van der Waals surface area contributed by atoms with Gasteiger partial charge in [0.25, 0.3) is 0 Å². The van der Waals surface area contributed by atoms with Crippen molar-refractivity contribution in [2.24, 2.45) is 5.92 Å². The van der Waals surface area contributed by atoms with Crippen LogP contribution >= 0.6 is 0 Å². The molecule has 242 valence electrons. The Balaban J connectivity index is 1.06. The van der Waals surface area contributed by atoms with E-state index >= 15 is 0 Å². The average Bonchev–Trinajstić information content (AvgIpc) is 3.74. The van der Waals surface area contributed by atoms with E-state index in [0.29, 0.717) is 38.2 Å². The Morgan fingerprint density at radius 2 is 1.74 bits per heavy atom. The van der Waals surface area contributed by atoms with Crippen LogP contribution in [0.15, 0.2) is 59.5 Å². The minimum Gasteiger partial charge on any atom is -0.343 e. The van der Waals surface area contributed by atoms with Gasteiger partial charge in [0.2, 0.25) is 11.8 Å². The summed E-state index contributed by atoms with van der Waals surface area (Å²) in [5.41, 5.74) is 2.61. The fourth-order valence-corrected chi connectivity index (χ4v) is 7.43. The highest BCUT2D eigenvalue weighted by atomic mass is 16.2. The van der Waals surface area contributed by atoms with Crippen LogP contribution in [0.4, 0.5) is 0 Å². The third kappa shape index (κ3) is 6.50. The number of fused-ring (bicyclic) bond motifs is 1. The summed E-state index contributed by atoms with van der Waals surface area (Å²) in [6.45, 7) is 5.49. The third-order valence-corrected chi connectivity index (χ3v) is 9.94. The molecule has 4 aromatic rings. The number of piperidine rings is 2. The second-order valence-corrected chi connectivity index (χ2v) is 12.9. The Morgan fingerprint density at radius 1 is 0.935 bits per heavy atom. The number of aromatic nitrogens is 5. The lowest BCUT2D eigenvalue weighted by molar-refractivity contribution is -0.148. The first-order chi connectivity index (χ1) is 22.5.